The van der Waals surface area contributed by atoms with Crippen LogP contribution in [0.3, 0.4) is 0 Å². The number of carbonyl (C=O) groups excluding carboxylic acids is 2. The highest BCUT2D eigenvalue weighted by atomic mass is 35.5. The van der Waals surface area contributed by atoms with E-state index in [0.29, 0.717) is 16.3 Å². The Morgan fingerprint density at radius 3 is 2.37 bits per heavy atom. The Kier molecular flexibility index (Phi) is 7.25. The van der Waals surface area contributed by atoms with E-state index in [9.17, 15) is 9.59 Å². The summed E-state index contributed by atoms with van der Waals surface area (Å²) in [6.07, 6.45) is 0.901. The summed E-state index contributed by atoms with van der Waals surface area (Å²) >= 11 is 6.17. The first-order valence-electron chi connectivity index (χ1n) is 8.92. The lowest BCUT2D eigenvalue weighted by Gasteiger charge is -2.16. The number of hydrogen-bond donors (Lipinski definition) is 2. The fourth-order valence-corrected chi connectivity index (χ4v) is 2.69. The second kappa shape index (κ2) is 9.42. The molecule has 6 heteroatoms. The van der Waals surface area contributed by atoms with Crippen LogP contribution in [0.5, 0.6) is 5.75 Å². The molecule has 0 aliphatic carbocycles. The smallest absolute Gasteiger partial charge is 0.276 e. The van der Waals surface area contributed by atoms with Gasteiger partial charge >= 0.3 is 0 Å². The first kappa shape index (κ1) is 20.8. The van der Waals surface area contributed by atoms with E-state index >= 15 is 0 Å². The molecule has 2 aromatic carbocycles. The molecular weight excluding hydrogens is 364 g/mol. The maximum absolute atomic E-state index is 12.1. The highest BCUT2D eigenvalue weighted by Gasteiger charge is 2.13. The van der Waals surface area contributed by atoms with Crippen LogP contribution >= 0.6 is 11.6 Å². The van der Waals surface area contributed by atoms with Gasteiger partial charge in [-0.15, -0.1) is 0 Å². The van der Waals surface area contributed by atoms with Crippen molar-refractivity contribution in [1.29, 1.82) is 0 Å². The third-order valence-corrected chi connectivity index (χ3v) is 4.62. The highest BCUT2D eigenvalue weighted by Crippen LogP contribution is 2.31. The van der Waals surface area contributed by atoms with Crippen molar-refractivity contribution in [3.05, 3.63) is 63.7 Å². The van der Waals surface area contributed by atoms with Gasteiger partial charge in [-0.2, -0.15) is 0 Å². The molecule has 0 aliphatic rings. The minimum atomic E-state index is -0.448. The van der Waals surface area contributed by atoms with Crippen LogP contribution in [0.15, 0.2) is 36.4 Å². The monoisotopic (exact) mass is 388 g/mol. The summed E-state index contributed by atoms with van der Waals surface area (Å²) in [5.41, 5.74) is 8.18. The van der Waals surface area contributed by atoms with Crippen LogP contribution in [0.4, 0.5) is 0 Å². The maximum atomic E-state index is 12.1. The van der Waals surface area contributed by atoms with Gasteiger partial charge in [0.05, 0.1) is 0 Å². The number of nitrogens with one attached hydrogen (secondary N) is 2. The fraction of sp³-hybridized carbons (Fsp3) is 0.333. The normalized spacial score (nSPS) is 10.6. The van der Waals surface area contributed by atoms with Gasteiger partial charge in [-0.05, 0) is 60.2 Å². The molecule has 144 valence electrons. The first-order chi connectivity index (χ1) is 12.8. The Balaban J connectivity index is 1.91. The fourth-order valence-electron chi connectivity index (χ4n) is 2.52. The third-order valence-electron chi connectivity index (χ3n) is 4.21. The molecule has 0 saturated carbocycles. The van der Waals surface area contributed by atoms with Gasteiger partial charge in [0.1, 0.15) is 5.75 Å². The summed E-state index contributed by atoms with van der Waals surface area (Å²) in [6, 6.07) is 10.9. The minimum absolute atomic E-state index is 0.201. The van der Waals surface area contributed by atoms with E-state index in [1.54, 1.807) is 12.1 Å². The standard InChI is InChI=1S/C21H25ClN2O3/c1-5-15-6-8-16(9-7-15)21(26)24-23-20(25)12-27-19-10-14(4)18(22)11-17(19)13(2)3/h6-11,13H,5,12H2,1-4H3,(H,23,25)(H,24,26). The second-order valence-electron chi connectivity index (χ2n) is 6.64. The quantitative estimate of drug-likeness (QED) is 0.729. The van der Waals surface area contributed by atoms with E-state index < -0.39 is 5.91 Å². The number of hydrogen-bond acceptors (Lipinski definition) is 3. The second-order valence-corrected chi connectivity index (χ2v) is 7.04. The zero-order valence-corrected chi connectivity index (χ0v) is 16.8. The summed E-state index contributed by atoms with van der Waals surface area (Å²) in [5, 5.41) is 0.664. The van der Waals surface area contributed by atoms with Crippen molar-refractivity contribution >= 4 is 23.4 Å². The van der Waals surface area contributed by atoms with Crippen molar-refractivity contribution < 1.29 is 14.3 Å². The number of aryl methyl sites for hydroxylation is 2. The van der Waals surface area contributed by atoms with Gasteiger partial charge in [0.15, 0.2) is 6.61 Å². The molecule has 0 unspecified atom stereocenters. The maximum Gasteiger partial charge on any atom is 0.276 e. The zero-order chi connectivity index (χ0) is 20.0. The number of benzene rings is 2. The molecular formula is C21H25ClN2O3. The molecule has 0 heterocycles. The average molecular weight is 389 g/mol. The number of carbonyl (C=O) groups is 2. The van der Waals surface area contributed by atoms with Crippen molar-refractivity contribution in [2.75, 3.05) is 6.61 Å². The molecule has 2 aromatic rings. The molecule has 2 amide bonds. The van der Waals surface area contributed by atoms with Crippen LogP contribution in [0.1, 0.15) is 53.7 Å². The van der Waals surface area contributed by atoms with E-state index in [2.05, 4.69) is 10.9 Å². The van der Waals surface area contributed by atoms with Crippen molar-refractivity contribution in [3.63, 3.8) is 0 Å². The number of ether oxygens (including phenoxy) is 1. The van der Waals surface area contributed by atoms with E-state index in [0.717, 1.165) is 23.1 Å². The topological polar surface area (TPSA) is 67.4 Å². The highest BCUT2D eigenvalue weighted by molar-refractivity contribution is 6.31. The van der Waals surface area contributed by atoms with Crippen LogP contribution in [0.2, 0.25) is 5.02 Å². The van der Waals surface area contributed by atoms with Crippen LogP contribution in [0.25, 0.3) is 0 Å². The molecule has 0 atom stereocenters. The summed E-state index contributed by atoms with van der Waals surface area (Å²) in [4.78, 5) is 24.1. The molecule has 0 aromatic heterocycles. The molecule has 2 rings (SSSR count). The van der Waals surface area contributed by atoms with Crippen LogP contribution < -0.4 is 15.6 Å². The SMILES string of the molecule is CCc1ccc(C(=O)NNC(=O)COc2cc(C)c(Cl)cc2C(C)C)cc1. The average Bonchev–Trinajstić information content (AvgIpc) is 2.66. The number of halogens is 1. The van der Waals surface area contributed by atoms with Crippen molar-refractivity contribution in [3.8, 4) is 5.75 Å². The minimum Gasteiger partial charge on any atom is -0.483 e. The molecule has 0 radical (unpaired) electrons. The number of hydrazine groups is 1. The molecule has 5 nitrogen and oxygen atoms in total. The van der Waals surface area contributed by atoms with Crippen LogP contribution in [-0.4, -0.2) is 18.4 Å². The largest absolute Gasteiger partial charge is 0.483 e. The van der Waals surface area contributed by atoms with Crippen molar-refractivity contribution in [2.24, 2.45) is 0 Å². The summed E-state index contributed by atoms with van der Waals surface area (Å²) in [5.74, 6) is -0.0115. The van der Waals surface area contributed by atoms with Gasteiger partial charge < -0.3 is 4.74 Å². The number of amides is 2. The molecule has 27 heavy (non-hydrogen) atoms. The molecule has 0 aliphatic heterocycles. The summed E-state index contributed by atoms with van der Waals surface area (Å²) < 4.78 is 5.64. The molecule has 0 fully saturated rings. The predicted octanol–water partition coefficient (Wildman–Crippen LogP) is 4.17. The predicted molar refractivity (Wildman–Crippen MR) is 107 cm³/mol. The first-order valence-corrected chi connectivity index (χ1v) is 9.30. The van der Waals surface area contributed by atoms with Gasteiger partial charge in [-0.25, -0.2) is 0 Å². The van der Waals surface area contributed by atoms with E-state index in [-0.39, 0.29) is 18.4 Å². The van der Waals surface area contributed by atoms with Gasteiger partial charge in [0, 0.05) is 10.6 Å². The zero-order valence-electron chi connectivity index (χ0n) is 16.1. The molecule has 2 N–H and O–H groups in total. The Bertz CT molecular complexity index is 817. The Morgan fingerprint density at radius 1 is 1.11 bits per heavy atom. The Hall–Kier alpha value is -2.53. The van der Waals surface area contributed by atoms with E-state index in [1.165, 1.54) is 0 Å². The van der Waals surface area contributed by atoms with Gasteiger partial charge in [0.2, 0.25) is 0 Å². The lowest BCUT2D eigenvalue weighted by atomic mass is 10.0. The lowest BCUT2D eigenvalue weighted by Crippen LogP contribution is -2.43. The van der Waals surface area contributed by atoms with Crippen LogP contribution in [0, 0.1) is 6.92 Å². The van der Waals surface area contributed by atoms with E-state index in [1.807, 2.05) is 52.0 Å². The van der Waals surface area contributed by atoms with E-state index in [4.69, 9.17) is 16.3 Å². The van der Waals surface area contributed by atoms with Crippen LogP contribution in [-0.2, 0) is 11.2 Å². The van der Waals surface area contributed by atoms with Gasteiger partial charge in [0.25, 0.3) is 11.8 Å². The number of rotatable bonds is 6. The van der Waals surface area contributed by atoms with Crippen molar-refractivity contribution in [1.82, 2.24) is 10.9 Å². The molecule has 0 bridgehead atoms. The van der Waals surface area contributed by atoms with Gasteiger partial charge in [-0.1, -0.05) is 44.5 Å². The Morgan fingerprint density at radius 2 is 1.78 bits per heavy atom. The third kappa shape index (κ3) is 5.73. The molecule has 0 saturated heterocycles. The Labute approximate surface area is 165 Å². The lowest BCUT2D eigenvalue weighted by molar-refractivity contribution is -0.123. The summed E-state index contributed by atoms with van der Waals surface area (Å²) in [6.45, 7) is 7.76. The van der Waals surface area contributed by atoms with Crippen molar-refractivity contribution in [2.45, 2.75) is 40.0 Å². The van der Waals surface area contributed by atoms with Gasteiger partial charge in [-0.3, -0.25) is 20.4 Å². The summed E-state index contributed by atoms with van der Waals surface area (Å²) in [7, 11) is 0. The molecule has 0 spiro atoms.